The zero-order valence-electron chi connectivity index (χ0n) is 20.1. The van der Waals surface area contributed by atoms with Gasteiger partial charge in [-0.3, -0.25) is 20.0 Å². The van der Waals surface area contributed by atoms with E-state index < -0.39 is 11.9 Å². The van der Waals surface area contributed by atoms with E-state index in [1.54, 1.807) is 48.7 Å². The Morgan fingerprint density at radius 2 is 1.49 bits per heavy atom. The second-order valence-corrected chi connectivity index (χ2v) is 8.37. The van der Waals surface area contributed by atoms with Crippen LogP contribution in [0.4, 0.5) is 5.69 Å². The lowest BCUT2D eigenvalue weighted by Gasteiger charge is -2.22. The Labute approximate surface area is 215 Å². The van der Waals surface area contributed by atoms with Gasteiger partial charge in [-0.1, -0.05) is 78.9 Å². The molecule has 4 rings (SSSR count). The summed E-state index contributed by atoms with van der Waals surface area (Å²) in [5.41, 5.74) is 9.09. The van der Waals surface area contributed by atoms with Gasteiger partial charge in [-0.2, -0.15) is 0 Å². The van der Waals surface area contributed by atoms with Crippen LogP contribution in [0.2, 0.25) is 0 Å². The first-order valence-electron chi connectivity index (χ1n) is 11.8. The maximum Gasteiger partial charge on any atom is 0.249 e. The van der Waals surface area contributed by atoms with Gasteiger partial charge in [0.25, 0.3) is 0 Å². The van der Waals surface area contributed by atoms with Crippen molar-refractivity contribution in [2.75, 3.05) is 11.9 Å². The molecule has 0 aliphatic heterocycles. The number of hydrogen-bond acceptors (Lipinski definition) is 5. The van der Waals surface area contributed by atoms with Crippen LogP contribution in [0.3, 0.4) is 0 Å². The normalized spacial score (nSPS) is 11.4. The van der Waals surface area contributed by atoms with E-state index in [4.69, 9.17) is 11.1 Å². The molecule has 0 aliphatic rings. The average molecular weight is 493 g/mol. The predicted octanol–water partition coefficient (Wildman–Crippen LogP) is 3.54. The third-order valence-electron chi connectivity index (χ3n) is 5.72. The fourth-order valence-corrected chi connectivity index (χ4v) is 3.90. The van der Waals surface area contributed by atoms with Crippen LogP contribution in [0.1, 0.15) is 34.5 Å². The lowest BCUT2D eigenvalue weighted by molar-refractivity contribution is -0.126. The summed E-state index contributed by atoms with van der Waals surface area (Å²) in [6.45, 7) is -0.215. The van der Waals surface area contributed by atoms with Gasteiger partial charge in [0.15, 0.2) is 0 Å². The molecule has 1 unspecified atom stereocenters. The number of anilines is 1. The van der Waals surface area contributed by atoms with Crippen molar-refractivity contribution in [2.24, 2.45) is 5.73 Å². The van der Waals surface area contributed by atoms with E-state index in [0.717, 1.165) is 11.1 Å². The number of aromatic nitrogens is 1. The van der Waals surface area contributed by atoms with Crippen molar-refractivity contribution in [1.82, 2.24) is 15.6 Å². The van der Waals surface area contributed by atoms with Crippen LogP contribution < -0.4 is 21.7 Å². The second kappa shape index (κ2) is 12.1. The number of nitrogens with one attached hydrogen (secondary N) is 4. The van der Waals surface area contributed by atoms with Crippen LogP contribution in [0, 0.1) is 5.41 Å². The summed E-state index contributed by atoms with van der Waals surface area (Å²) in [5, 5.41) is 16.6. The van der Waals surface area contributed by atoms with Gasteiger partial charge in [0.05, 0.1) is 18.3 Å². The molecule has 8 nitrogen and oxygen atoms in total. The number of carbonyl (C=O) groups is 2. The summed E-state index contributed by atoms with van der Waals surface area (Å²) in [4.78, 5) is 30.5. The molecule has 1 heterocycles. The first-order chi connectivity index (χ1) is 18.0. The van der Waals surface area contributed by atoms with E-state index in [9.17, 15) is 9.59 Å². The molecule has 6 N–H and O–H groups in total. The Kier molecular flexibility index (Phi) is 8.23. The Balaban J connectivity index is 1.47. The third-order valence-corrected chi connectivity index (χ3v) is 5.72. The molecular formula is C29H28N6O2. The highest BCUT2D eigenvalue weighted by Crippen LogP contribution is 2.22. The Hall–Kier alpha value is -4.98. The zero-order valence-corrected chi connectivity index (χ0v) is 20.1. The lowest BCUT2D eigenvalue weighted by atomic mass is 9.99. The summed E-state index contributed by atoms with van der Waals surface area (Å²) < 4.78 is 0. The minimum Gasteiger partial charge on any atom is -0.384 e. The molecular weight excluding hydrogens is 464 g/mol. The SMILES string of the molecule is N=C(N)c1cccc(NC(C(=O)NCC(=O)NC(c2ccccc2)c2ccccc2)c2ccccn2)c1. The summed E-state index contributed by atoms with van der Waals surface area (Å²) in [6.07, 6.45) is 1.60. The van der Waals surface area contributed by atoms with Crippen LogP contribution in [0.25, 0.3) is 0 Å². The predicted molar refractivity (Wildman–Crippen MR) is 144 cm³/mol. The number of amidine groups is 1. The average Bonchev–Trinajstić information content (AvgIpc) is 2.95. The maximum atomic E-state index is 13.2. The molecule has 186 valence electrons. The molecule has 37 heavy (non-hydrogen) atoms. The summed E-state index contributed by atoms with van der Waals surface area (Å²) in [6, 6.07) is 30.3. The molecule has 2 amide bonds. The number of nitrogen functional groups attached to an aromatic ring is 1. The first-order valence-corrected chi connectivity index (χ1v) is 11.8. The summed E-state index contributed by atoms with van der Waals surface area (Å²) >= 11 is 0. The largest absolute Gasteiger partial charge is 0.384 e. The first kappa shape index (κ1) is 25.1. The van der Waals surface area contributed by atoms with Gasteiger partial charge < -0.3 is 21.7 Å². The molecule has 0 saturated carbocycles. The van der Waals surface area contributed by atoms with Crippen molar-refractivity contribution in [1.29, 1.82) is 5.41 Å². The molecule has 1 atom stereocenters. The van der Waals surface area contributed by atoms with Gasteiger partial charge in [0, 0.05) is 17.4 Å². The number of rotatable bonds is 10. The van der Waals surface area contributed by atoms with E-state index in [1.807, 2.05) is 60.7 Å². The monoisotopic (exact) mass is 492 g/mol. The number of benzene rings is 3. The highest BCUT2D eigenvalue weighted by Gasteiger charge is 2.23. The third kappa shape index (κ3) is 6.79. The van der Waals surface area contributed by atoms with Crippen LogP contribution >= 0.6 is 0 Å². The minimum absolute atomic E-state index is 0.0782. The van der Waals surface area contributed by atoms with E-state index in [-0.39, 0.29) is 24.3 Å². The molecule has 0 spiro atoms. The summed E-state index contributed by atoms with van der Waals surface area (Å²) in [7, 11) is 0. The van der Waals surface area contributed by atoms with Crippen molar-refractivity contribution in [3.8, 4) is 0 Å². The molecule has 0 saturated heterocycles. The number of carbonyl (C=O) groups excluding carboxylic acids is 2. The number of pyridine rings is 1. The summed E-state index contributed by atoms with van der Waals surface area (Å²) in [5.74, 6) is -0.826. The van der Waals surface area contributed by atoms with Crippen molar-refractivity contribution < 1.29 is 9.59 Å². The van der Waals surface area contributed by atoms with Crippen LogP contribution in [-0.2, 0) is 9.59 Å². The Bertz CT molecular complexity index is 1310. The molecule has 0 fully saturated rings. The Morgan fingerprint density at radius 1 is 0.838 bits per heavy atom. The zero-order chi connectivity index (χ0) is 26.0. The van der Waals surface area contributed by atoms with Crippen molar-refractivity contribution >= 4 is 23.3 Å². The van der Waals surface area contributed by atoms with Crippen LogP contribution in [0.5, 0.6) is 0 Å². The molecule has 4 aromatic rings. The van der Waals surface area contributed by atoms with Crippen molar-refractivity contribution in [3.05, 3.63) is 132 Å². The Morgan fingerprint density at radius 3 is 2.08 bits per heavy atom. The van der Waals surface area contributed by atoms with E-state index in [0.29, 0.717) is 16.9 Å². The molecule has 0 aliphatic carbocycles. The maximum absolute atomic E-state index is 13.2. The highest BCUT2D eigenvalue weighted by atomic mass is 16.2. The highest BCUT2D eigenvalue weighted by molar-refractivity contribution is 5.96. The molecule has 0 bridgehead atoms. The van der Waals surface area contributed by atoms with Gasteiger partial charge in [0.2, 0.25) is 11.8 Å². The number of nitrogens with zero attached hydrogens (tertiary/aromatic N) is 1. The van der Waals surface area contributed by atoms with Gasteiger partial charge in [0.1, 0.15) is 11.9 Å². The van der Waals surface area contributed by atoms with Gasteiger partial charge >= 0.3 is 0 Å². The topological polar surface area (TPSA) is 133 Å². The molecule has 3 aromatic carbocycles. The molecule has 1 aromatic heterocycles. The fraction of sp³-hybridized carbons (Fsp3) is 0.103. The molecule has 0 radical (unpaired) electrons. The van der Waals surface area contributed by atoms with Crippen LogP contribution in [-0.4, -0.2) is 29.2 Å². The van der Waals surface area contributed by atoms with E-state index >= 15 is 0 Å². The lowest BCUT2D eigenvalue weighted by Crippen LogP contribution is -2.42. The number of nitrogens with two attached hydrogens (primary N) is 1. The standard InChI is InChI=1S/C29H28N6O2/c30-28(31)22-14-9-15-23(18-22)34-27(24-16-7-8-17-32-24)29(37)33-19-25(36)35-26(20-10-3-1-4-11-20)21-12-5-2-6-13-21/h1-18,26-27,34H,19H2,(H3,30,31)(H,33,37)(H,35,36). The molecule has 8 heteroatoms. The fourth-order valence-electron chi connectivity index (χ4n) is 3.90. The van der Waals surface area contributed by atoms with Crippen LogP contribution in [0.15, 0.2) is 109 Å². The van der Waals surface area contributed by atoms with E-state index in [1.165, 1.54) is 0 Å². The number of hydrogen-bond donors (Lipinski definition) is 5. The van der Waals surface area contributed by atoms with E-state index in [2.05, 4.69) is 20.9 Å². The second-order valence-electron chi connectivity index (χ2n) is 8.37. The van der Waals surface area contributed by atoms with Crippen molar-refractivity contribution in [3.63, 3.8) is 0 Å². The van der Waals surface area contributed by atoms with Crippen molar-refractivity contribution in [2.45, 2.75) is 12.1 Å². The van der Waals surface area contributed by atoms with Gasteiger partial charge in [-0.05, 0) is 35.4 Å². The minimum atomic E-state index is -0.866. The van der Waals surface area contributed by atoms with Gasteiger partial charge in [-0.25, -0.2) is 0 Å². The van der Waals surface area contributed by atoms with Gasteiger partial charge in [-0.15, -0.1) is 0 Å². The quantitative estimate of drug-likeness (QED) is 0.171. The number of amides is 2. The smallest absolute Gasteiger partial charge is 0.249 e.